The highest BCUT2D eigenvalue weighted by Gasteiger charge is 2.27. The summed E-state index contributed by atoms with van der Waals surface area (Å²) in [6.45, 7) is 1.63. The smallest absolute Gasteiger partial charge is 0.480 e. The van der Waals surface area contributed by atoms with Crippen molar-refractivity contribution in [1.82, 2.24) is 16.0 Å². The van der Waals surface area contributed by atoms with Gasteiger partial charge < -0.3 is 25.6 Å². The maximum atomic E-state index is 12.8. The molecule has 0 bridgehead atoms. The van der Waals surface area contributed by atoms with Gasteiger partial charge in [-0.2, -0.15) is 0 Å². The average molecular weight is 550 g/mol. The number of nitrogens with one attached hydrogen (secondary N) is 3. The zero-order valence-electron chi connectivity index (χ0n) is 20.8. The van der Waals surface area contributed by atoms with Gasteiger partial charge in [0.05, 0.1) is 0 Å². The highest BCUT2D eigenvalue weighted by molar-refractivity contribution is 7.46. The number of phosphoric ester groups is 1. The van der Waals surface area contributed by atoms with Gasteiger partial charge in [0, 0.05) is 26.3 Å². The Morgan fingerprint density at radius 3 is 2.16 bits per heavy atom. The summed E-state index contributed by atoms with van der Waals surface area (Å²) in [5.41, 5.74) is 1.66. The van der Waals surface area contributed by atoms with Crippen molar-refractivity contribution in [3.8, 4) is 5.75 Å². The molecular weight excluding hydrogens is 517 g/mol. The van der Waals surface area contributed by atoms with Gasteiger partial charge in [0.15, 0.2) is 0 Å². The number of hydrogen-bond acceptors (Lipinski definition) is 6. The molecule has 12 nitrogen and oxygen atoms in total. The molecule has 0 heterocycles. The first-order valence-electron chi connectivity index (χ1n) is 11.9. The van der Waals surface area contributed by atoms with Crippen molar-refractivity contribution in [3.05, 3.63) is 65.7 Å². The quantitative estimate of drug-likeness (QED) is 0.140. The third kappa shape index (κ3) is 12.0. The van der Waals surface area contributed by atoms with Gasteiger partial charge in [-0.1, -0.05) is 42.5 Å². The van der Waals surface area contributed by atoms with Gasteiger partial charge in [0.2, 0.25) is 17.7 Å². The van der Waals surface area contributed by atoms with Gasteiger partial charge >= 0.3 is 13.8 Å². The Kier molecular flexibility index (Phi) is 11.9. The van der Waals surface area contributed by atoms with Gasteiger partial charge in [-0.15, -0.1) is 0 Å². The molecule has 206 valence electrons. The molecular formula is C25H32N3O9P. The third-order valence-corrected chi connectivity index (χ3v) is 5.81. The Hall–Kier alpha value is -3.73. The second kappa shape index (κ2) is 14.9. The van der Waals surface area contributed by atoms with Crippen LogP contribution in [0.5, 0.6) is 5.75 Å². The predicted octanol–water partition coefficient (Wildman–Crippen LogP) is 1.30. The van der Waals surface area contributed by atoms with E-state index in [-0.39, 0.29) is 30.9 Å². The summed E-state index contributed by atoms with van der Waals surface area (Å²) in [6, 6.07) is 12.8. The maximum Gasteiger partial charge on any atom is 0.524 e. The van der Waals surface area contributed by atoms with Crippen molar-refractivity contribution in [2.24, 2.45) is 0 Å². The van der Waals surface area contributed by atoms with Crippen LogP contribution in [0.25, 0.3) is 0 Å². The minimum Gasteiger partial charge on any atom is -0.480 e. The first-order chi connectivity index (χ1) is 17.9. The fourth-order valence-electron chi connectivity index (χ4n) is 3.57. The van der Waals surface area contributed by atoms with Crippen LogP contribution in [-0.4, -0.2) is 57.2 Å². The first kappa shape index (κ1) is 30.5. The monoisotopic (exact) mass is 549 g/mol. The highest BCUT2D eigenvalue weighted by Crippen LogP contribution is 2.37. The molecule has 2 rings (SSSR count). The number of amides is 3. The molecule has 0 radical (unpaired) electrons. The zero-order chi connectivity index (χ0) is 28.1. The second-order valence-electron chi connectivity index (χ2n) is 8.56. The summed E-state index contributed by atoms with van der Waals surface area (Å²) in [5, 5.41) is 17.1. The lowest BCUT2D eigenvalue weighted by molar-refractivity contribution is -0.142. The van der Waals surface area contributed by atoms with Crippen molar-refractivity contribution >= 4 is 31.5 Å². The normalized spacial score (nSPS) is 12.6. The lowest BCUT2D eigenvalue weighted by atomic mass is 10.0. The molecule has 0 aliphatic carbocycles. The number of aryl methyl sites for hydroxylation is 1. The molecule has 0 saturated heterocycles. The Morgan fingerprint density at radius 1 is 0.921 bits per heavy atom. The summed E-state index contributed by atoms with van der Waals surface area (Å²) in [4.78, 5) is 66.1. The van der Waals surface area contributed by atoms with Crippen LogP contribution in [0.3, 0.4) is 0 Å². The summed E-state index contributed by atoms with van der Waals surface area (Å²) in [7, 11) is -4.73. The Morgan fingerprint density at radius 2 is 1.58 bits per heavy atom. The summed E-state index contributed by atoms with van der Waals surface area (Å²) in [5.74, 6) is -3.03. The van der Waals surface area contributed by atoms with Crippen molar-refractivity contribution < 1.29 is 43.2 Å². The topological polar surface area (TPSA) is 191 Å². The van der Waals surface area contributed by atoms with Gasteiger partial charge in [-0.05, 0) is 42.5 Å². The summed E-state index contributed by atoms with van der Waals surface area (Å²) >= 11 is 0. The molecule has 0 fully saturated rings. The van der Waals surface area contributed by atoms with E-state index in [2.05, 4.69) is 20.5 Å². The predicted molar refractivity (Wildman–Crippen MR) is 137 cm³/mol. The van der Waals surface area contributed by atoms with Gasteiger partial charge in [0.1, 0.15) is 17.8 Å². The molecule has 38 heavy (non-hydrogen) atoms. The summed E-state index contributed by atoms with van der Waals surface area (Å²) < 4.78 is 15.4. The molecule has 0 aliphatic rings. The highest BCUT2D eigenvalue weighted by atomic mass is 31.2. The number of benzene rings is 2. The third-order valence-electron chi connectivity index (χ3n) is 5.36. The number of carbonyl (C=O) groups excluding carboxylic acids is 3. The molecule has 3 amide bonds. The number of rotatable bonds is 15. The number of hydrogen-bond donors (Lipinski definition) is 6. The molecule has 6 N–H and O–H groups in total. The van der Waals surface area contributed by atoms with Crippen LogP contribution in [0.15, 0.2) is 54.6 Å². The van der Waals surface area contributed by atoms with E-state index in [1.54, 1.807) is 0 Å². The van der Waals surface area contributed by atoms with E-state index in [1.165, 1.54) is 31.2 Å². The van der Waals surface area contributed by atoms with Gasteiger partial charge in [-0.3, -0.25) is 24.2 Å². The van der Waals surface area contributed by atoms with E-state index in [1.807, 2.05) is 30.3 Å². The molecule has 2 aromatic carbocycles. The van der Waals surface area contributed by atoms with Crippen molar-refractivity contribution in [2.75, 3.05) is 6.54 Å². The summed E-state index contributed by atoms with van der Waals surface area (Å²) in [6.07, 6.45) is 1.22. The minimum absolute atomic E-state index is 0.0319. The number of carboxylic acids is 1. The van der Waals surface area contributed by atoms with Crippen LogP contribution in [-0.2, 0) is 36.6 Å². The molecule has 0 aliphatic heterocycles. The second-order valence-corrected chi connectivity index (χ2v) is 9.72. The SMILES string of the molecule is CC(=O)NC(Cc1ccc(OP(=O)(O)O)cc1)C(=O)NC(CCC(=O)NCCCc1ccccc1)C(=O)O. The van der Waals surface area contributed by atoms with Gasteiger partial charge in [-0.25, -0.2) is 9.36 Å². The molecule has 13 heteroatoms. The maximum absolute atomic E-state index is 12.8. The molecule has 0 spiro atoms. The van der Waals surface area contributed by atoms with Crippen molar-refractivity contribution in [3.63, 3.8) is 0 Å². The zero-order valence-corrected chi connectivity index (χ0v) is 21.7. The molecule has 2 atom stereocenters. The van der Waals surface area contributed by atoms with Crippen molar-refractivity contribution in [1.29, 1.82) is 0 Å². The molecule has 0 saturated carbocycles. The van der Waals surface area contributed by atoms with Crippen LogP contribution in [0.4, 0.5) is 0 Å². The Bertz CT molecular complexity index is 1140. The molecule has 2 unspecified atom stereocenters. The van der Waals surface area contributed by atoms with Crippen molar-refractivity contribution in [2.45, 2.75) is 51.1 Å². The van der Waals surface area contributed by atoms with E-state index >= 15 is 0 Å². The molecule has 0 aromatic heterocycles. The Balaban J connectivity index is 1.89. The Labute approximate surface area is 220 Å². The standard InChI is InChI=1S/C25H32N3O9P/c1-17(29)27-22(16-19-9-11-20(12-10-19)37-38(34,35)36)24(31)28-21(25(32)33)13-14-23(30)26-15-5-8-18-6-3-2-4-7-18/h2-4,6-7,9-12,21-22H,5,8,13-16H2,1H3,(H,26,30)(H,27,29)(H,28,31)(H,32,33)(H2,34,35,36). The molecule has 2 aromatic rings. The van der Waals surface area contributed by atoms with E-state index in [0.29, 0.717) is 12.1 Å². The lowest BCUT2D eigenvalue weighted by Crippen LogP contribution is -2.52. The van der Waals surface area contributed by atoms with Gasteiger partial charge in [0.25, 0.3) is 0 Å². The lowest BCUT2D eigenvalue weighted by Gasteiger charge is -2.21. The number of carboxylic acid groups (broad SMARTS) is 1. The van der Waals surface area contributed by atoms with Crippen LogP contribution >= 0.6 is 7.82 Å². The first-order valence-corrected chi connectivity index (χ1v) is 13.4. The van der Waals surface area contributed by atoms with E-state index in [0.717, 1.165) is 18.4 Å². The number of aliphatic carboxylic acids is 1. The minimum atomic E-state index is -4.73. The van der Waals surface area contributed by atoms with Crippen LogP contribution in [0.2, 0.25) is 0 Å². The van der Waals surface area contributed by atoms with Crippen LogP contribution in [0.1, 0.15) is 37.3 Å². The fraction of sp³-hybridized carbons (Fsp3) is 0.360. The number of phosphoric acid groups is 1. The number of carbonyl (C=O) groups is 4. The van der Waals surface area contributed by atoms with E-state index in [9.17, 15) is 28.8 Å². The van der Waals surface area contributed by atoms with E-state index < -0.39 is 37.7 Å². The fourth-order valence-corrected chi connectivity index (χ4v) is 3.97. The largest absolute Gasteiger partial charge is 0.524 e. The van der Waals surface area contributed by atoms with Crippen LogP contribution < -0.4 is 20.5 Å². The average Bonchev–Trinajstić information content (AvgIpc) is 2.84. The van der Waals surface area contributed by atoms with Crippen LogP contribution in [0, 0.1) is 0 Å². The van der Waals surface area contributed by atoms with E-state index in [4.69, 9.17) is 9.79 Å².